The lowest BCUT2D eigenvalue weighted by molar-refractivity contribution is 0.578. The van der Waals surface area contributed by atoms with Gasteiger partial charge in [0.1, 0.15) is 10.7 Å². The Balaban J connectivity index is 2.85. The molecule has 0 saturated heterocycles. The van der Waals surface area contributed by atoms with E-state index in [1.54, 1.807) is 0 Å². The van der Waals surface area contributed by atoms with Crippen LogP contribution in [-0.4, -0.2) is 41.2 Å². The molecule has 0 unspecified atom stereocenters. The van der Waals surface area contributed by atoms with Gasteiger partial charge in [-0.15, -0.1) is 0 Å². The fourth-order valence-corrected chi connectivity index (χ4v) is 3.46. The Morgan fingerprint density at radius 1 is 1.37 bits per heavy atom. The lowest BCUT2D eigenvalue weighted by atomic mass is 10.5. The van der Waals surface area contributed by atoms with Gasteiger partial charge in [0.2, 0.25) is 20.0 Å². The van der Waals surface area contributed by atoms with Crippen molar-refractivity contribution in [3.05, 3.63) is 16.7 Å². The Kier molecular flexibility index (Phi) is 5.26. The van der Waals surface area contributed by atoms with Gasteiger partial charge in [0, 0.05) is 17.2 Å². The second kappa shape index (κ2) is 6.13. The molecule has 4 N–H and O–H groups in total. The van der Waals surface area contributed by atoms with E-state index in [0.29, 0.717) is 4.47 Å². The summed E-state index contributed by atoms with van der Waals surface area (Å²) in [6.45, 7) is -0.266. The van der Waals surface area contributed by atoms with Gasteiger partial charge >= 0.3 is 0 Å². The Labute approximate surface area is 120 Å². The molecule has 8 nitrogen and oxygen atoms in total. The minimum absolute atomic E-state index is 0.160. The van der Waals surface area contributed by atoms with E-state index in [2.05, 4.69) is 30.4 Å². The third-order valence-corrected chi connectivity index (χ3v) is 5.40. The molecule has 1 aromatic rings. The van der Waals surface area contributed by atoms with Gasteiger partial charge in [0.15, 0.2) is 0 Å². The zero-order chi connectivity index (χ0) is 14.7. The molecule has 1 heterocycles. The number of nitrogens with zero attached hydrogens (tertiary/aromatic N) is 1. The molecule has 0 spiro atoms. The predicted molar refractivity (Wildman–Crippen MR) is 74.4 cm³/mol. The van der Waals surface area contributed by atoms with Crippen LogP contribution in [0.15, 0.2) is 21.6 Å². The van der Waals surface area contributed by atoms with Crippen LogP contribution in [0.2, 0.25) is 0 Å². The standard InChI is InChI=1S/C8H13BrN4O4S2/c1-11-18(14,15)3-2-13-19(16,17)7-4-6(9)5-12-8(7)10/h4-5,11,13H,2-3H2,1H3,(H2,10,12). The predicted octanol–water partition coefficient (Wildman–Crippen LogP) is -0.746. The lowest BCUT2D eigenvalue weighted by Crippen LogP contribution is -2.33. The maximum atomic E-state index is 11.9. The summed E-state index contributed by atoms with van der Waals surface area (Å²) < 4.78 is 50.8. The maximum absolute atomic E-state index is 11.9. The molecule has 0 saturated carbocycles. The van der Waals surface area contributed by atoms with E-state index in [1.807, 2.05) is 0 Å². The molecule has 108 valence electrons. The van der Waals surface area contributed by atoms with Crippen molar-refractivity contribution in [2.75, 3.05) is 25.1 Å². The van der Waals surface area contributed by atoms with Crippen LogP contribution in [0.5, 0.6) is 0 Å². The molecule has 0 amide bonds. The highest BCUT2D eigenvalue weighted by atomic mass is 79.9. The fourth-order valence-electron chi connectivity index (χ4n) is 1.14. The molecule has 0 bridgehead atoms. The van der Waals surface area contributed by atoms with Crippen LogP contribution in [0, 0.1) is 0 Å². The lowest BCUT2D eigenvalue weighted by Gasteiger charge is -2.08. The summed E-state index contributed by atoms with van der Waals surface area (Å²) in [7, 11) is -6.13. The number of nitrogen functional groups attached to an aromatic ring is 1. The summed E-state index contributed by atoms with van der Waals surface area (Å²) in [5, 5.41) is 0. The zero-order valence-corrected chi connectivity index (χ0v) is 13.1. The van der Waals surface area contributed by atoms with Crippen molar-refractivity contribution in [1.29, 1.82) is 0 Å². The summed E-state index contributed by atoms with van der Waals surface area (Å²) in [5.41, 5.74) is 5.48. The van der Waals surface area contributed by atoms with Crippen LogP contribution in [0.3, 0.4) is 0 Å². The second-order valence-electron chi connectivity index (χ2n) is 3.46. The van der Waals surface area contributed by atoms with Gasteiger partial charge in [0.25, 0.3) is 0 Å². The molecular weight excluding hydrogens is 360 g/mol. The second-order valence-corrected chi connectivity index (χ2v) is 8.15. The third kappa shape index (κ3) is 4.69. The molecule has 0 fully saturated rings. The average Bonchev–Trinajstić information content (AvgIpc) is 2.31. The Hall–Kier alpha value is -0.750. The number of nitrogens with two attached hydrogens (primary N) is 1. The quantitative estimate of drug-likeness (QED) is 0.602. The number of nitrogens with one attached hydrogen (secondary N) is 2. The molecule has 0 radical (unpaired) electrons. The maximum Gasteiger partial charge on any atom is 0.244 e. The molecule has 11 heteroatoms. The number of sulfonamides is 2. The summed E-state index contributed by atoms with van der Waals surface area (Å²) in [6.07, 6.45) is 1.36. The van der Waals surface area contributed by atoms with Crippen LogP contribution in [0.4, 0.5) is 5.82 Å². The van der Waals surface area contributed by atoms with Gasteiger partial charge < -0.3 is 5.73 Å². The van der Waals surface area contributed by atoms with Gasteiger partial charge in [0.05, 0.1) is 5.75 Å². The average molecular weight is 373 g/mol. The van der Waals surface area contributed by atoms with Crippen molar-refractivity contribution >= 4 is 41.8 Å². The number of anilines is 1. The largest absolute Gasteiger partial charge is 0.383 e. The van der Waals surface area contributed by atoms with Crippen LogP contribution >= 0.6 is 15.9 Å². The summed E-state index contributed by atoms with van der Waals surface area (Å²) in [5.74, 6) is -0.531. The Morgan fingerprint density at radius 3 is 2.58 bits per heavy atom. The van der Waals surface area contributed by atoms with E-state index < -0.39 is 20.0 Å². The number of hydrogen-bond acceptors (Lipinski definition) is 6. The Morgan fingerprint density at radius 2 is 2.00 bits per heavy atom. The molecule has 0 aliphatic carbocycles. The Bertz CT molecular complexity index is 659. The van der Waals surface area contributed by atoms with Crippen molar-refractivity contribution in [2.24, 2.45) is 0 Å². The zero-order valence-electron chi connectivity index (χ0n) is 9.92. The molecular formula is C8H13BrN4O4S2. The molecule has 1 rings (SSSR count). The van der Waals surface area contributed by atoms with E-state index in [1.165, 1.54) is 19.3 Å². The number of hydrogen-bond donors (Lipinski definition) is 3. The molecule has 0 aliphatic heterocycles. The van der Waals surface area contributed by atoms with Crippen LogP contribution in [0.25, 0.3) is 0 Å². The molecule has 0 atom stereocenters. The van der Waals surface area contributed by atoms with Gasteiger partial charge in [-0.2, -0.15) is 0 Å². The van der Waals surface area contributed by atoms with Crippen LogP contribution in [-0.2, 0) is 20.0 Å². The van der Waals surface area contributed by atoms with Gasteiger partial charge in [-0.3, -0.25) is 0 Å². The third-order valence-electron chi connectivity index (χ3n) is 2.11. The minimum atomic E-state index is -3.90. The normalized spacial score (nSPS) is 12.5. The number of pyridine rings is 1. The van der Waals surface area contributed by atoms with E-state index in [4.69, 9.17) is 5.73 Å². The van der Waals surface area contributed by atoms with E-state index in [-0.39, 0.29) is 23.0 Å². The first-order valence-electron chi connectivity index (χ1n) is 5.00. The molecule has 0 aromatic carbocycles. The number of rotatable bonds is 6. The highest BCUT2D eigenvalue weighted by Gasteiger charge is 2.19. The van der Waals surface area contributed by atoms with E-state index >= 15 is 0 Å². The summed E-state index contributed by atoms with van der Waals surface area (Å²) >= 11 is 3.08. The smallest absolute Gasteiger partial charge is 0.244 e. The van der Waals surface area contributed by atoms with Crippen LogP contribution in [0.1, 0.15) is 0 Å². The van der Waals surface area contributed by atoms with E-state index in [0.717, 1.165) is 0 Å². The number of aromatic nitrogens is 1. The van der Waals surface area contributed by atoms with Crippen molar-refractivity contribution in [3.8, 4) is 0 Å². The van der Waals surface area contributed by atoms with Crippen molar-refractivity contribution < 1.29 is 16.8 Å². The van der Waals surface area contributed by atoms with Crippen LogP contribution < -0.4 is 15.2 Å². The molecule has 1 aromatic heterocycles. The summed E-state index contributed by atoms with van der Waals surface area (Å²) in [4.78, 5) is 3.49. The van der Waals surface area contributed by atoms with E-state index in [9.17, 15) is 16.8 Å². The van der Waals surface area contributed by atoms with Crippen molar-refractivity contribution in [1.82, 2.24) is 14.4 Å². The topological polar surface area (TPSA) is 131 Å². The highest BCUT2D eigenvalue weighted by Crippen LogP contribution is 2.20. The molecule has 19 heavy (non-hydrogen) atoms. The molecule has 0 aliphatic rings. The summed E-state index contributed by atoms with van der Waals surface area (Å²) in [6, 6.07) is 1.29. The van der Waals surface area contributed by atoms with Gasteiger partial charge in [-0.05, 0) is 29.0 Å². The van der Waals surface area contributed by atoms with Gasteiger partial charge in [-0.1, -0.05) is 0 Å². The van der Waals surface area contributed by atoms with Crippen molar-refractivity contribution in [3.63, 3.8) is 0 Å². The first-order chi connectivity index (χ1) is 8.68. The highest BCUT2D eigenvalue weighted by molar-refractivity contribution is 9.10. The SMILES string of the molecule is CNS(=O)(=O)CCNS(=O)(=O)c1cc(Br)cnc1N. The fraction of sp³-hybridized carbons (Fsp3) is 0.375. The first-order valence-corrected chi connectivity index (χ1v) is 8.93. The number of halogens is 1. The van der Waals surface area contributed by atoms with Gasteiger partial charge in [-0.25, -0.2) is 31.3 Å². The van der Waals surface area contributed by atoms with Crippen molar-refractivity contribution in [2.45, 2.75) is 4.90 Å². The first kappa shape index (κ1) is 16.3. The minimum Gasteiger partial charge on any atom is -0.383 e. The monoisotopic (exact) mass is 372 g/mol.